The number of nitrogens with one attached hydrogen (secondary N) is 1. The van der Waals surface area contributed by atoms with Crippen LogP contribution in [-0.2, 0) is 19.6 Å². The summed E-state index contributed by atoms with van der Waals surface area (Å²) in [4.78, 5) is 4.16. The molecule has 1 N–H and O–H groups in total. The molecule has 1 heterocycles. The second-order valence-electron chi connectivity index (χ2n) is 4.58. The quantitative estimate of drug-likeness (QED) is 0.935. The maximum atomic E-state index is 13.1. The lowest BCUT2D eigenvalue weighted by atomic mass is 9.97. The zero-order chi connectivity index (χ0) is 14.8. The summed E-state index contributed by atoms with van der Waals surface area (Å²) >= 11 is 0. The van der Waals surface area contributed by atoms with E-state index in [0.717, 1.165) is 11.9 Å². The number of hydrogen-bond donors (Lipinski definition) is 1. The van der Waals surface area contributed by atoms with Gasteiger partial charge in [-0.3, -0.25) is 0 Å². The molecule has 6 heteroatoms. The molecule has 2 aromatic rings. The predicted octanol–water partition coefficient (Wildman–Crippen LogP) is 2.94. The number of aryl methyl sites for hydroxylation is 1. The highest BCUT2D eigenvalue weighted by Crippen LogP contribution is 2.35. The van der Waals surface area contributed by atoms with E-state index < -0.39 is 17.8 Å². The number of alkyl halides is 3. The maximum absolute atomic E-state index is 13.1. The normalized spacial score (nSPS) is 13.4. The third kappa shape index (κ3) is 3.01. The Kier molecular flexibility index (Phi) is 4.13. The van der Waals surface area contributed by atoms with E-state index in [9.17, 15) is 13.2 Å². The summed E-state index contributed by atoms with van der Waals surface area (Å²) in [5.74, 6) is 0.737. The van der Waals surface area contributed by atoms with Gasteiger partial charge in [-0.25, -0.2) is 4.98 Å². The first kappa shape index (κ1) is 14.6. The van der Waals surface area contributed by atoms with Crippen LogP contribution in [0.4, 0.5) is 13.2 Å². The zero-order valence-electron chi connectivity index (χ0n) is 11.3. The molecule has 1 atom stereocenters. The first-order chi connectivity index (χ1) is 9.43. The van der Waals surface area contributed by atoms with E-state index in [4.69, 9.17) is 0 Å². The molecule has 0 radical (unpaired) electrons. The summed E-state index contributed by atoms with van der Waals surface area (Å²) in [6, 6.07) is 5.20. The lowest BCUT2D eigenvalue weighted by Gasteiger charge is -2.21. The third-order valence-corrected chi connectivity index (χ3v) is 3.30. The Morgan fingerprint density at radius 2 is 2.00 bits per heavy atom. The summed E-state index contributed by atoms with van der Waals surface area (Å²) in [5.41, 5.74) is -0.362. The predicted molar refractivity (Wildman–Crippen MR) is 70.2 cm³/mol. The van der Waals surface area contributed by atoms with Crippen molar-refractivity contribution in [2.24, 2.45) is 7.05 Å². The van der Waals surface area contributed by atoms with E-state index in [0.29, 0.717) is 6.42 Å². The molecule has 1 aromatic carbocycles. The van der Waals surface area contributed by atoms with Crippen LogP contribution in [0.3, 0.4) is 0 Å². The van der Waals surface area contributed by atoms with Gasteiger partial charge < -0.3 is 9.88 Å². The molecule has 20 heavy (non-hydrogen) atoms. The fourth-order valence-corrected chi connectivity index (χ4v) is 2.20. The molecule has 108 valence electrons. The molecule has 0 aliphatic carbocycles. The Balaban J connectivity index is 2.35. The minimum atomic E-state index is -4.35. The van der Waals surface area contributed by atoms with Crippen molar-refractivity contribution in [1.82, 2.24) is 14.9 Å². The summed E-state index contributed by atoms with van der Waals surface area (Å²) in [6.45, 7) is 0. The molecule has 3 nitrogen and oxygen atoms in total. The number of benzene rings is 1. The van der Waals surface area contributed by atoms with E-state index in [2.05, 4.69) is 10.3 Å². The largest absolute Gasteiger partial charge is 0.416 e. The molecular formula is C14H16F3N3. The van der Waals surface area contributed by atoms with Gasteiger partial charge in [-0.1, -0.05) is 18.2 Å². The fourth-order valence-electron chi connectivity index (χ4n) is 2.20. The number of nitrogens with zero attached hydrogens (tertiary/aromatic N) is 2. The van der Waals surface area contributed by atoms with E-state index in [1.54, 1.807) is 30.1 Å². The molecule has 0 aliphatic rings. The minimum Gasteiger partial charge on any atom is -0.338 e. The highest BCUT2D eigenvalue weighted by atomic mass is 19.4. The van der Waals surface area contributed by atoms with Crippen LogP contribution in [0.1, 0.15) is 23.0 Å². The molecular weight excluding hydrogens is 267 g/mol. The Bertz CT molecular complexity index is 575. The molecule has 2 rings (SSSR count). The van der Waals surface area contributed by atoms with Crippen molar-refractivity contribution in [3.63, 3.8) is 0 Å². The lowest BCUT2D eigenvalue weighted by molar-refractivity contribution is -0.138. The van der Waals surface area contributed by atoms with Crippen LogP contribution in [-0.4, -0.2) is 16.6 Å². The summed E-state index contributed by atoms with van der Waals surface area (Å²) < 4.78 is 41.0. The van der Waals surface area contributed by atoms with E-state index in [1.807, 2.05) is 7.05 Å². The Morgan fingerprint density at radius 3 is 2.55 bits per heavy atom. The van der Waals surface area contributed by atoms with Crippen LogP contribution in [0.15, 0.2) is 36.7 Å². The van der Waals surface area contributed by atoms with Gasteiger partial charge in [-0.05, 0) is 18.7 Å². The van der Waals surface area contributed by atoms with Crippen LogP contribution in [0.2, 0.25) is 0 Å². The molecule has 1 unspecified atom stereocenters. The monoisotopic (exact) mass is 283 g/mol. The van der Waals surface area contributed by atoms with Crippen LogP contribution >= 0.6 is 0 Å². The van der Waals surface area contributed by atoms with Gasteiger partial charge in [0.2, 0.25) is 0 Å². The fraction of sp³-hybridized carbons (Fsp3) is 0.357. The standard InChI is InChI=1S/C14H16F3N3/c1-18-12(9-13-19-7-8-20(13)2)10-5-3-4-6-11(10)14(15,16)17/h3-8,12,18H,9H2,1-2H3. The number of likely N-dealkylation sites (N-methyl/N-ethyl adjacent to an activating group) is 1. The van der Waals surface area contributed by atoms with Crippen molar-refractivity contribution >= 4 is 0 Å². The summed E-state index contributed by atoms with van der Waals surface area (Å²) in [5, 5.41) is 2.94. The lowest BCUT2D eigenvalue weighted by Crippen LogP contribution is -2.23. The van der Waals surface area contributed by atoms with Gasteiger partial charge in [0, 0.05) is 31.9 Å². The third-order valence-electron chi connectivity index (χ3n) is 3.30. The summed E-state index contributed by atoms with van der Waals surface area (Å²) in [7, 11) is 3.48. The SMILES string of the molecule is CNC(Cc1nccn1C)c1ccccc1C(F)(F)F. The van der Waals surface area contributed by atoms with Crippen LogP contribution in [0.25, 0.3) is 0 Å². The Hall–Kier alpha value is -1.82. The highest BCUT2D eigenvalue weighted by Gasteiger charge is 2.34. The second kappa shape index (κ2) is 5.66. The molecule has 0 fully saturated rings. The topological polar surface area (TPSA) is 29.9 Å². The average molecular weight is 283 g/mol. The van der Waals surface area contributed by atoms with Gasteiger partial charge in [0.1, 0.15) is 5.82 Å². The van der Waals surface area contributed by atoms with Crippen molar-refractivity contribution in [1.29, 1.82) is 0 Å². The van der Waals surface area contributed by atoms with Gasteiger partial charge in [-0.15, -0.1) is 0 Å². The Morgan fingerprint density at radius 1 is 1.30 bits per heavy atom. The average Bonchev–Trinajstić information content (AvgIpc) is 2.80. The van der Waals surface area contributed by atoms with Gasteiger partial charge in [0.15, 0.2) is 0 Å². The highest BCUT2D eigenvalue weighted by molar-refractivity contribution is 5.33. The number of aromatic nitrogens is 2. The van der Waals surface area contributed by atoms with Gasteiger partial charge >= 0.3 is 6.18 Å². The Labute approximate surface area is 115 Å². The van der Waals surface area contributed by atoms with Crippen molar-refractivity contribution in [2.45, 2.75) is 18.6 Å². The van der Waals surface area contributed by atoms with Crippen molar-refractivity contribution in [2.75, 3.05) is 7.05 Å². The van der Waals surface area contributed by atoms with Crippen molar-refractivity contribution in [3.05, 3.63) is 53.6 Å². The molecule has 0 bridgehead atoms. The van der Waals surface area contributed by atoms with Crippen molar-refractivity contribution in [3.8, 4) is 0 Å². The minimum absolute atomic E-state index is 0.241. The maximum Gasteiger partial charge on any atom is 0.416 e. The van der Waals surface area contributed by atoms with Crippen LogP contribution in [0.5, 0.6) is 0 Å². The number of rotatable bonds is 4. The van der Waals surface area contributed by atoms with Crippen LogP contribution in [0, 0.1) is 0 Å². The number of hydrogen-bond acceptors (Lipinski definition) is 2. The molecule has 0 spiro atoms. The van der Waals surface area contributed by atoms with E-state index in [1.165, 1.54) is 12.1 Å². The molecule has 0 aliphatic heterocycles. The first-order valence-electron chi connectivity index (χ1n) is 6.23. The van der Waals surface area contributed by atoms with Crippen LogP contribution < -0.4 is 5.32 Å². The second-order valence-corrected chi connectivity index (χ2v) is 4.58. The first-order valence-corrected chi connectivity index (χ1v) is 6.23. The number of halogens is 3. The van der Waals surface area contributed by atoms with Gasteiger partial charge in [0.05, 0.1) is 5.56 Å². The number of imidazole rings is 1. The molecule has 1 aromatic heterocycles. The van der Waals surface area contributed by atoms with Crippen molar-refractivity contribution < 1.29 is 13.2 Å². The van der Waals surface area contributed by atoms with E-state index >= 15 is 0 Å². The zero-order valence-corrected chi connectivity index (χ0v) is 11.3. The summed E-state index contributed by atoms with van der Waals surface area (Å²) in [6.07, 6.45) is -0.546. The smallest absolute Gasteiger partial charge is 0.338 e. The molecule has 0 amide bonds. The molecule has 0 saturated carbocycles. The van der Waals surface area contributed by atoms with Gasteiger partial charge in [0.25, 0.3) is 0 Å². The van der Waals surface area contributed by atoms with Gasteiger partial charge in [-0.2, -0.15) is 13.2 Å². The van der Waals surface area contributed by atoms with E-state index in [-0.39, 0.29) is 5.56 Å². The molecule has 0 saturated heterocycles.